The van der Waals surface area contributed by atoms with E-state index in [0.29, 0.717) is 19.3 Å². The van der Waals surface area contributed by atoms with E-state index in [4.69, 9.17) is 4.74 Å². The number of carbonyl (C=O) groups excluding carboxylic acids is 2. The first-order chi connectivity index (χ1) is 28.0. The van der Waals surface area contributed by atoms with Gasteiger partial charge in [-0.25, -0.2) is 0 Å². The van der Waals surface area contributed by atoms with Crippen LogP contribution >= 0.6 is 0 Å². The molecule has 0 bridgehead atoms. The highest BCUT2D eigenvalue weighted by atomic mass is 16.5. The van der Waals surface area contributed by atoms with Gasteiger partial charge < -0.3 is 20.3 Å². The molecule has 0 aromatic rings. The van der Waals surface area contributed by atoms with Gasteiger partial charge in [0, 0.05) is 6.42 Å². The van der Waals surface area contributed by atoms with Crippen LogP contribution in [0.15, 0.2) is 122 Å². The van der Waals surface area contributed by atoms with E-state index < -0.39 is 18.2 Å². The van der Waals surface area contributed by atoms with Crippen molar-refractivity contribution in [3.8, 4) is 0 Å². The molecule has 0 aliphatic rings. The summed E-state index contributed by atoms with van der Waals surface area (Å²) in [5.74, 6) is -0.664. The number of esters is 1. The van der Waals surface area contributed by atoms with E-state index in [1.165, 1.54) is 38.5 Å². The van der Waals surface area contributed by atoms with Crippen LogP contribution in [-0.4, -0.2) is 46.9 Å². The molecule has 57 heavy (non-hydrogen) atoms. The molecule has 6 nitrogen and oxygen atoms in total. The zero-order valence-electron chi connectivity index (χ0n) is 36.2. The molecule has 320 valence electrons. The summed E-state index contributed by atoms with van der Waals surface area (Å²) in [5.41, 5.74) is 0. The molecule has 6 heteroatoms. The maximum absolute atomic E-state index is 13.1. The summed E-state index contributed by atoms with van der Waals surface area (Å²) in [7, 11) is 0. The molecule has 0 saturated carbocycles. The maximum Gasteiger partial charge on any atom is 0.306 e. The second-order valence-electron chi connectivity index (χ2n) is 14.5. The Hall–Kier alpha value is -3.74. The second-order valence-corrected chi connectivity index (χ2v) is 14.5. The monoisotopic (exact) mass is 788 g/mol. The second kappa shape index (κ2) is 43.4. The lowest BCUT2D eigenvalue weighted by Crippen LogP contribution is -2.46. The normalized spacial score (nSPS) is 14.5. The third kappa shape index (κ3) is 38.9. The molecule has 0 aliphatic heterocycles. The van der Waals surface area contributed by atoms with Crippen molar-refractivity contribution in [2.45, 2.75) is 180 Å². The van der Waals surface area contributed by atoms with E-state index in [0.717, 1.165) is 70.6 Å². The van der Waals surface area contributed by atoms with Crippen LogP contribution < -0.4 is 5.32 Å². The number of carbonyl (C=O) groups is 2. The van der Waals surface area contributed by atoms with Crippen LogP contribution in [-0.2, 0) is 14.3 Å². The van der Waals surface area contributed by atoms with Gasteiger partial charge >= 0.3 is 5.97 Å². The molecule has 0 aromatic carbocycles. The maximum atomic E-state index is 13.1. The number of hydrogen-bond acceptors (Lipinski definition) is 5. The molecule has 0 radical (unpaired) electrons. The van der Waals surface area contributed by atoms with Crippen LogP contribution in [0.4, 0.5) is 0 Å². The average Bonchev–Trinajstić information content (AvgIpc) is 3.20. The zero-order valence-corrected chi connectivity index (χ0v) is 36.2. The van der Waals surface area contributed by atoms with Gasteiger partial charge in [-0.05, 0) is 70.6 Å². The fraction of sp³-hybridized carbons (Fsp3) is 0.569. The van der Waals surface area contributed by atoms with Crippen LogP contribution in [0.1, 0.15) is 162 Å². The van der Waals surface area contributed by atoms with Crippen LogP contribution in [0.5, 0.6) is 0 Å². The number of allylic oxidation sites excluding steroid dienone is 20. The van der Waals surface area contributed by atoms with Gasteiger partial charge in [-0.15, -0.1) is 0 Å². The lowest BCUT2D eigenvalue weighted by Gasteiger charge is -2.24. The van der Waals surface area contributed by atoms with Crippen LogP contribution in [0.2, 0.25) is 0 Å². The first-order valence-electron chi connectivity index (χ1n) is 22.3. The summed E-state index contributed by atoms with van der Waals surface area (Å²) < 4.78 is 5.81. The molecule has 0 heterocycles. The van der Waals surface area contributed by atoms with Crippen molar-refractivity contribution in [1.29, 1.82) is 0 Å². The molecule has 0 spiro atoms. The quantitative estimate of drug-likeness (QED) is 0.0252. The summed E-state index contributed by atoms with van der Waals surface area (Å²) in [6.07, 6.45) is 59.9. The fourth-order valence-corrected chi connectivity index (χ4v) is 5.86. The predicted molar refractivity (Wildman–Crippen MR) is 245 cm³/mol. The molecule has 3 unspecified atom stereocenters. The Morgan fingerprint density at radius 1 is 0.544 bits per heavy atom. The van der Waals surface area contributed by atoms with E-state index in [1.807, 2.05) is 54.7 Å². The van der Waals surface area contributed by atoms with E-state index in [1.54, 1.807) is 0 Å². The number of aliphatic hydroxyl groups is 2. The molecule has 3 atom stereocenters. The van der Waals surface area contributed by atoms with Gasteiger partial charge in [0.25, 0.3) is 0 Å². The van der Waals surface area contributed by atoms with Gasteiger partial charge in [-0.3, -0.25) is 9.59 Å². The van der Waals surface area contributed by atoms with E-state index in [2.05, 4.69) is 92.9 Å². The lowest BCUT2D eigenvalue weighted by atomic mass is 10.0. The Morgan fingerprint density at radius 2 is 1.04 bits per heavy atom. The van der Waals surface area contributed by atoms with Crippen molar-refractivity contribution < 1.29 is 24.5 Å². The number of unbranched alkanes of at least 4 members (excludes halogenated alkanes) is 9. The number of hydrogen-bond donors (Lipinski definition) is 3. The molecule has 3 N–H and O–H groups in total. The predicted octanol–water partition coefficient (Wildman–Crippen LogP) is 12.9. The van der Waals surface area contributed by atoms with Crippen molar-refractivity contribution in [1.82, 2.24) is 5.32 Å². The molecular formula is C51H81NO5. The van der Waals surface area contributed by atoms with Crippen molar-refractivity contribution in [2.75, 3.05) is 6.61 Å². The number of aliphatic hydroxyl groups excluding tert-OH is 2. The molecule has 0 saturated heterocycles. The number of rotatable bonds is 37. The van der Waals surface area contributed by atoms with Crippen molar-refractivity contribution in [3.63, 3.8) is 0 Å². The summed E-state index contributed by atoms with van der Waals surface area (Å²) in [4.78, 5) is 25.9. The smallest absolute Gasteiger partial charge is 0.306 e. The zero-order chi connectivity index (χ0) is 41.7. The molecule has 0 rings (SSSR count). The van der Waals surface area contributed by atoms with Gasteiger partial charge in [-0.2, -0.15) is 0 Å². The van der Waals surface area contributed by atoms with E-state index in [9.17, 15) is 19.8 Å². The summed E-state index contributed by atoms with van der Waals surface area (Å²) in [6.45, 7) is 6.13. The Kier molecular flexibility index (Phi) is 40.5. The van der Waals surface area contributed by atoms with Crippen LogP contribution in [0.25, 0.3) is 0 Å². The Bertz CT molecular complexity index is 1250. The fourth-order valence-electron chi connectivity index (χ4n) is 5.86. The highest BCUT2D eigenvalue weighted by molar-refractivity contribution is 5.77. The summed E-state index contributed by atoms with van der Waals surface area (Å²) in [5, 5.41) is 23.5. The minimum absolute atomic E-state index is 0.00989. The summed E-state index contributed by atoms with van der Waals surface area (Å²) in [6, 6.07) is -0.745. The average molecular weight is 788 g/mol. The van der Waals surface area contributed by atoms with Gasteiger partial charge in [0.05, 0.1) is 25.2 Å². The van der Waals surface area contributed by atoms with Crippen molar-refractivity contribution >= 4 is 11.9 Å². The largest absolute Gasteiger partial charge is 0.462 e. The topological polar surface area (TPSA) is 95.9 Å². The van der Waals surface area contributed by atoms with Crippen LogP contribution in [0.3, 0.4) is 0 Å². The number of ether oxygens (including phenoxy) is 1. The molecule has 0 fully saturated rings. The first-order valence-corrected chi connectivity index (χ1v) is 22.3. The van der Waals surface area contributed by atoms with E-state index >= 15 is 0 Å². The minimum atomic E-state index is -0.824. The highest BCUT2D eigenvalue weighted by Gasteiger charge is 2.23. The van der Waals surface area contributed by atoms with Crippen molar-refractivity contribution in [2.24, 2.45) is 0 Å². The molecule has 0 aliphatic carbocycles. The van der Waals surface area contributed by atoms with E-state index in [-0.39, 0.29) is 31.3 Å². The third-order valence-corrected chi connectivity index (χ3v) is 9.18. The lowest BCUT2D eigenvalue weighted by molar-refractivity contribution is -0.150. The Labute approximate surface area is 349 Å². The van der Waals surface area contributed by atoms with Gasteiger partial charge in [0.15, 0.2) is 0 Å². The van der Waals surface area contributed by atoms with Gasteiger partial charge in [0.1, 0.15) is 6.10 Å². The SMILES string of the molecule is CC/C=C/C=C/C=C\C=C/C=C/CCCC(CC(=O)NC(CO)C(O)CCCCCCCCCCC)OC(=O)CC/C=C/C/C=C/C/C=C/C/C=C/C/C=C/CC. The van der Waals surface area contributed by atoms with Gasteiger partial charge in [-0.1, -0.05) is 200 Å². The van der Waals surface area contributed by atoms with Gasteiger partial charge in [0.2, 0.25) is 5.91 Å². The van der Waals surface area contributed by atoms with Crippen LogP contribution in [0, 0.1) is 0 Å². The Balaban J connectivity index is 4.89. The molecule has 1 amide bonds. The molecular weight excluding hydrogens is 707 g/mol. The molecule has 0 aromatic heterocycles. The summed E-state index contributed by atoms with van der Waals surface area (Å²) >= 11 is 0. The number of nitrogens with one attached hydrogen (secondary N) is 1. The first kappa shape index (κ1) is 53.3. The van der Waals surface area contributed by atoms with Crippen molar-refractivity contribution in [3.05, 3.63) is 122 Å². The third-order valence-electron chi connectivity index (χ3n) is 9.18. The minimum Gasteiger partial charge on any atom is -0.462 e. The standard InChI is InChI=1S/C51H81NO5/c1-4-7-10-13-16-19-21-23-24-25-27-29-32-35-38-41-44-51(56)57-47(42-39-36-33-31-28-26-22-20-17-14-11-8-5-2)45-50(55)52-48(46-53)49(54)43-40-37-34-30-18-15-12-9-6-3/h7-8,10-11,14,16-17,19-20,22-24,26-29,31,33,35,38,47-49,53-54H,4-6,9,12-13,15,18,21,25,30,32,34,36-37,39-46H2,1-3H3,(H,52,55)/b10-7+,11-8+,17-14+,19-16+,22-20-,24-23+,28-26-,29-27+,33-31+,38-35+. The highest BCUT2D eigenvalue weighted by Crippen LogP contribution is 2.15. The number of amides is 1. The Morgan fingerprint density at radius 3 is 1.58 bits per heavy atom.